The number of nitrogens with zero attached hydrogens (tertiary/aromatic N) is 1. The fourth-order valence-electron chi connectivity index (χ4n) is 2.04. The molecule has 84 valence electrons. The number of aromatic nitrogens is 1. The number of ether oxygens (including phenoxy) is 1. The minimum absolute atomic E-state index is 0.279. The van der Waals surface area contributed by atoms with Gasteiger partial charge in [0.25, 0.3) is 0 Å². The Kier molecular flexibility index (Phi) is 2.69. The van der Waals surface area contributed by atoms with Crippen molar-refractivity contribution in [3.05, 3.63) is 35.5 Å². The van der Waals surface area contributed by atoms with Crippen LogP contribution in [0.3, 0.4) is 0 Å². The molecule has 3 nitrogen and oxygen atoms in total. The van der Waals surface area contributed by atoms with Gasteiger partial charge in [0.2, 0.25) is 0 Å². The summed E-state index contributed by atoms with van der Waals surface area (Å²) >= 11 is 0. The molecule has 0 atom stereocenters. The number of benzene rings is 1. The summed E-state index contributed by atoms with van der Waals surface area (Å²) in [4.78, 5) is 11.6. The average Bonchev–Trinajstić information content (AvgIpc) is 2.65. The highest BCUT2D eigenvalue weighted by Crippen LogP contribution is 2.23. The van der Waals surface area contributed by atoms with Gasteiger partial charge in [-0.3, -0.25) is 0 Å². The number of hydrogen-bond donors (Lipinski definition) is 0. The monoisotopic (exact) mass is 217 g/mol. The van der Waals surface area contributed by atoms with Crippen LogP contribution in [0.5, 0.6) is 0 Å². The van der Waals surface area contributed by atoms with E-state index in [1.807, 2.05) is 19.2 Å². The number of esters is 1. The van der Waals surface area contributed by atoms with E-state index in [-0.39, 0.29) is 5.97 Å². The molecule has 0 amide bonds. The van der Waals surface area contributed by atoms with Crippen molar-refractivity contribution < 1.29 is 9.53 Å². The van der Waals surface area contributed by atoms with Crippen LogP contribution in [0.25, 0.3) is 10.9 Å². The molecule has 0 bridgehead atoms. The number of carbonyl (C=O) groups is 1. The molecule has 2 rings (SSSR count). The summed E-state index contributed by atoms with van der Waals surface area (Å²) in [6.45, 7) is 2.10. The van der Waals surface area contributed by atoms with Crippen LogP contribution >= 0.6 is 0 Å². The lowest BCUT2D eigenvalue weighted by Crippen LogP contribution is -2.01. The van der Waals surface area contributed by atoms with E-state index in [1.165, 1.54) is 12.8 Å². The lowest BCUT2D eigenvalue weighted by molar-refractivity contribution is 0.0603. The van der Waals surface area contributed by atoms with Crippen LogP contribution in [0, 0.1) is 0 Å². The Balaban J connectivity index is 2.73. The molecule has 0 saturated heterocycles. The van der Waals surface area contributed by atoms with Crippen molar-refractivity contribution in [3.8, 4) is 0 Å². The van der Waals surface area contributed by atoms with E-state index in [2.05, 4.69) is 17.6 Å². The maximum atomic E-state index is 11.6. The standard InChI is InChI=1S/C13H15NO2/c1-4-9-8-11-10(13(15)16-3)6-5-7-12(11)14(9)2/h5-8H,4H2,1-3H3. The van der Waals surface area contributed by atoms with E-state index < -0.39 is 0 Å². The van der Waals surface area contributed by atoms with Crippen molar-refractivity contribution in [2.45, 2.75) is 13.3 Å². The van der Waals surface area contributed by atoms with E-state index in [4.69, 9.17) is 4.74 Å². The number of hydrogen-bond acceptors (Lipinski definition) is 2. The summed E-state index contributed by atoms with van der Waals surface area (Å²) in [6.07, 6.45) is 0.950. The Morgan fingerprint density at radius 1 is 1.44 bits per heavy atom. The Morgan fingerprint density at radius 3 is 2.81 bits per heavy atom. The normalized spacial score (nSPS) is 10.7. The van der Waals surface area contributed by atoms with Gasteiger partial charge in [-0.1, -0.05) is 13.0 Å². The van der Waals surface area contributed by atoms with Crippen LogP contribution < -0.4 is 0 Å². The quantitative estimate of drug-likeness (QED) is 0.724. The van der Waals surface area contributed by atoms with Gasteiger partial charge in [-0.15, -0.1) is 0 Å². The minimum Gasteiger partial charge on any atom is -0.465 e. The van der Waals surface area contributed by atoms with E-state index in [9.17, 15) is 4.79 Å². The van der Waals surface area contributed by atoms with Crippen molar-refractivity contribution in [2.75, 3.05) is 7.11 Å². The molecule has 1 aromatic carbocycles. The topological polar surface area (TPSA) is 31.2 Å². The average molecular weight is 217 g/mol. The summed E-state index contributed by atoms with van der Waals surface area (Å²) in [5, 5.41) is 0.966. The van der Waals surface area contributed by atoms with Crippen molar-refractivity contribution in [3.63, 3.8) is 0 Å². The molecule has 16 heavy (non-hydrogen) atoms. The second kappa shape index (κ2) is 4.00. The van der Waals surface area contributed by atoms with Gasteiger partial charge in [-0.25, -0.2) is 4.79 Å². The van der Waals surface area contributed by atoms with Gasteiger partial charge in [-0.05, 0) is 24.6 Å². The predicted octanol–water partition coefficient (Wildman–Crippen LogP) is 2.53. The van der Waals surface area contributed by atoms with Crippen LogP contribution in [0.1, 0.15) is 23.0 Å². The molecule has 0 saturated carbocycles. The smallest absolute Gasteiger partial charge is 0.338 e. The molecule has 1 aromatic heterocycles. The molecular formula is C13H15NO2. The predicted molar refractivity (Wildman–Crippen MR) is 63.6 cm³/mol. The third kappa shape index (κ3) is 1.48. The van der Waals surface area contributed by atoms with Crippen LogP contribution in [0.15, 0.2) is 24.3 Å². The lowest BCUT2D eigenvalue weighted by Gasteiger charge is -2.02. The fourth-order valence-corrected chi connectivity index (χ4v) is 2.04. The third-order valence-corrected chi connectivity index (χ3v) is 2.95. The van der Waals surface area contributed by atoms with Crippen LogP contribution in [0.2, 0.25) is 0 Å². The van der Waals surface area contributed by atoms with Gasteiger partial charge in [0.1, 0.15) is 0 Å². The van der Waals surface area contributed by atoms with Gasteiger partial charge in [0.05, 0.1) is 12.7 Å². The summed E-state index contributed by atoms with van der Waals surface area (Å²) in [6, 6.07) is 7.75. The van der Waals surface area contributed by atoms with Crippen LogP contribution in [0.4, 0.5) is 0 Å². The molecule has 0 N–H and O–H groups in total. The second-order valence-electron chi connectivity index (χ2n) is 3.78. The highest BCUT2D eigenvalue weighted by Gasteiger charge is 2.13. The first kappa shape index (κ1) is 10.7. The van der Waals surface area contributed by atoms with E-state index in [0.29, 0.717) is 5.56 Å². The summed E-state index contributed by atoms with van der Waals surface area (Å²) < 4.78 is 6.89. The summed E-state index contributed by atoms with van der Waals surface area (Å²) in [7, 11) is 3.42. The van der Waals surface area contributed by atoms with Crippen molar-refractivity contribution in [1.29, 1.82) is 0 Å². The van der Waals surface area contributed by atoms with Gasteiger partial charge < -0.3 is 9.30 Å². The van der Waals surface area contributed by atoms with E-state index in [1.54, 1.807) is 6.07 Å². The molecule has 0 spiro atoms. The van der Waals surface area contributed by atoms with Crippen molar-refractivity contribution in [2.24, 2.45) is 7.05 Å². The first-order valence-electron chi connectivity index (χ1n) is 5.34. The van der Waals surface area contributed by atoms with Crippen LogP contribution in [-0.4, -0.2) is 17.6 Å². The number of rotatable bonds is 2. The number of fused-ring (bicyclic) bond motifs is 1. The Labute approximate surface area is 94.6 Å². The molecule has 0 aliphatic rings. The number of methoxy groups -OCH3 is 1. The van der Waals surface area contributed by atoms with Gasteiger partial charge in [0, 0.05) is 23.6 Å². The van der Waals surface area contributed by atoms with Gasteiger partial charge in [-0.2, -0.15) is 0 Å². The van der Waals surface area contributed by atoms with E-state index >= 15 is 0 Å². The minimum atomic E-state index is -0.279. The molecule has 2 aromatic rings. The molecule has 0 unspecified atom stereocenters. The maximum absolute atomic E-state index is 11.6. The maximum Gasteiger partial charge on any atom is 0.338 e. The zero-order chi connectivity index (χ0) is 11.7. The Bertz CT molecular complexity index is 540. The first-order valence-corrected chi connectivity index (χ1v) is 5.34. The number of aryl methyl sites for hydroxylation is 2. The zero-order valence-electron chi connectivity index (χ0n) is 9.78. The summed E-state index contributed by atoms with van der Waals surface area (Å²) in [5.74, 6) is -0.279. The third-order valence-electron chi connectivity index (χ3n) is 2.95. The molecule has 0 aliphatic carbocycles. The van der Waals surface area contributed by atoms with Gasteiger partial charge in [0.15, 0.2) is 0 Å². The SMILES string of the molecule is CCc1cc2c(C(=O)OC)cccc2n1C. The highest BCUT2D eigenvalue weighted by molar-refractivity contribution is 6.04. The highest BCUT2D eigenvalue weighted by atomic mass is 16.5. The van der Waals surface area contributed by atoms with Gasteiger partial charge >= 0.3 is 5.97 Å². The second-order valence-corrected chi connectivity index (χ2v) is 3.78. The Morgan fingerprint density at radius 2 is 2.19 bits per heavy atom. The zero-order valence-corrected chi connectivity index (χ0v) is 9.78. The summed E-state index contributed by atoms with van der Waals surface area (Å²) in [5.41, 5.74) is 2.92. The molecule has 0 fully saturated rings. The molecule has 0 radical (unpaired) electrons. The van der Waals surface area contributed by atoms with Crippen molar-refractivity contribution >= 4 is 16.9 Å². The Hall–Kier alpha value is -1.77. The molecule has 3 heteroatoms. The van der Waals surface area contributed by atoms with Crippen LogP contribution in [-0.2, 0) is 18.2 Å². The molecular weight excluding hydrogens is 202 g/mol. The lowest BCUT2D eigenvalue weighted by atomic mass is 10.1. The fraction of sp³-hybridized carbons (Fsp3) is 0.308. The number of carbonyl (C=O) groups excluding carboxylic acids is 1. The van der Waals surface area contributed by atoms with E-state index in [0.717, 1.165) is 17.3 Å². The largest absolute Gasteiger partial charge is 0.465 e. The molecule has 0 aliphatic heterocycles. The van der Waals surface area contributed by atoms with Crippen molar-refractivity contribution in [1.82, 2.24) is 4.57 Å². The molecule has 1 heterocycles. The first-order chi connectivity index (χ1) is 7.69.